The lowest BCUT2D eigenvalue weighted by molar-refractivity contribution is -0.134. The molecule has 5 heteroatoms. The van der Waals surface area contributed by atoms with Crippen LogP contribution < -0.4 is 0 Å². The molecule has 0 N–H and O–H groups in total. The first kappa shape index (κ1) is 30.0. The van der Waals surface area contributed by atoms with Crippen molar-refractivity contribution in [1.29, 1.82) is 0 Å². The molecule has 5 nitrogen and oxygen atoms in total. The van der Waals surface area contributed by atoms with E-state index >= 15 is 0 Å². The molecule has 2 amide bonds. The molecule has 35 heavy (non-hydrogen) atoms. The van der Waals surface area contributed by atoms with Gasteiger partial charge in [0.25, 0.3) is 0 Å². The first-order chi connectivity index (χ1) is 16.7. The summed E-state index contributed by atoms with van der Waals surface area (Å²) in [7, 11) is 0. The standard InChI is InChI=1S/C30H56N2O3/c1-5-6-7-8-9-10-11-12-13-14-15-16-17-18-27(33)31-23-19-30(20-24-31)21-25-32(26-22-30)28(34)35-29(2,3)4/h5-26H2,1-4H3. The predicted octanol–water partition coefficient (Wildman–Crippen LogP) is 8.11. The van der Waals surface area contributed by atoms with Gasteiger partial charge in [0.1, 0.15) is 5.60 Å². The van der Waals surface area contributed by atoms with Crippen molar-refractivity contribution < 1.29 is 14.3 Å². The maximum absolute atomic E-state index is 12.7. The molecule has 2 aliphatic heterocycles. The van der Waals surface area contributed by atoms with E-state index in [1.54, 1.807) is 0 Å². The zero-order chi connectivity index (χ0) is 25.6. The lowest BCUT2D eigenvalue weighted by Crippen LogP contribution is -2.50. The Bertz CT molecular complexity index is 595. The van der Waals surface area contributed by atoms with Gasteiger partial charge in [-0.1, -0.05) is 84.0 Å². The number of rotatable bonds is 14. The second kappa shape index (κ2) is 15.8. The lowest BCUT2D eigenvalue weighted by Gasteiger charge is -2.46. The zero-order valence-corrected chi connectivity index (χ0v) is 23.7. The van der Waals surface area contributed by atoms with E-state index in [2.05, 4.69) is 11.8 Å². The monoisotopic (exact) mass is 492 g/mol. The molecule has 0 unspecified atom stereocenters. The number of amides is 2. The Morgan fingerprint density at radius 1 is 0.657 bits per heavy atom. The van der Waals surface area contributed by atoms with Crippen LogP contribution in [0.25, 0.3) is 0 Å². The van der Waals surface area contributed by atoms with Crippen LogP contribution in [0, 0.1) is 5.41 Å². The van der Waals surface area contributed by atoms with E-state index in [4.69, 9.17) is 4.74 Å². The minimum atomic E-state index is -0.439. The molecular weight excluding hydrogens is 436 g/mol. The van der Waals surface area contributed by atoms with Gasteiger partial charge in [-0.05, 0) is 58.3 Å². The molecule has 2 fully saturated rings. The summed E-state index contributed by atoms with van der Waals surface area (Å²) in [6.07, 6.45) is 22.2. The molecule has 2 rings (SSSR count). The SMILES string of the molecule is CCCCCCCCCCCCCCCC(=O)N1CCC2(CC1)CCN(C(=O)OC(C)(C)C)CC2. The summed E-state index contributed by atoms with van der Waals surface area (Å²) in [5.41, 5.74) is -0.129. The molecule has 2 heterocycles. The topological polar surface area (TPSA) is 49.9 Å². The van der Waals surface area contributed by atoms with Crippen molar-refractivity contribution in [2.24, 2.45) is 5.41 Å². The van der Waals surface area contributed by atoms with Crippen LogP contribution in [0.15, 0.2) is 0 Å². The van der Waals surface area contributed by atoms with Crippen LogP contribution in [0.3, 0.4) is 0 Å². The van der Waals surface area contributed by atoms with E-state index in [1.807, 2.05) is 25.7 Å². The largest absolute Gasteiger partial charge is 0.444 e. The second-order valence-electron chi connectivity index (χ2n) is 12.3. The second-order valence-corrected chi connectivity index (χ2v) is 12.3. The number of carbonyl (C=O) groups is 2. The number of nitrogens with zero attached hydrogens (tertiary/aromatic N) is 2. The van der Waals surface area contributed by atoms with Gasteiger partial charge in [0.15, 0.2) is 0 Å². The Balaban J connectivity index is 1.48. The van der Waals surface area contributed by atoms with Crippen molar-refractivity contribution in [2.45, 2.75) is 149 Å². The van der Waals surface area contributed by atoms with Crippen LogP contribution in [0.4, 0.5) is 4.79 Å². The van der Waals surface area contributed by atoms with E-state index in [0.717, 1.165) is 64.7 Å². The molecule has 204 valence electrons. The van der Waals surface area contributed by atoms with E-state index in [1.165, 1.54) is 77.0 Å². The molecule has 0 aromatic heterocycles. The average molecular weight is 493 g/mol. The lowest BCUT2D eigenvalue weighted by atomic mass is 9.71. The molecular formula is C30H56N2O3. The molecule has 0 saturated carbocycles. The summed E-state index contributed by atoms with van der Waals surface area (Å²) in [5.74, 6) is 0.356. The highest BCUT2D eigenvalue weighted by Crippen LogP contribution is 2.41. The third-order valence-electron chi connectivity index (χ3n) is 8.15. The molecule has 0 aromatic carbocycles. The normalized spacial score (nSPS) is 18.2. The Morgan fingerprint density at radius 3 is 1.49 bits per heavy atom. The third-order valence-corrected chi connectivity index (χ3v) is 8.15. The molecule has 0 aliphatic carbocycles. The molecule has 0 radical (unpaired) electrons. The summed E-state index contributed by atoms with van der Waals surface area (Å²) in [5, 5.41) is 0. The fourth-order valence-corrected chi connectivity index (χ4v) is 5.67. The maximum atomic E-state index is 12.7. The van der Waals surface area contributed by atoms with Gasteiger partial charge in [0.2, 0.25) is 5.91 Å². The van der Waals surface area contributed by atoms with Crippen LogP contribution in [-0.2, 0) is 9.53 Å². The minimum absolute atomic E-state index is 0.183. The highest BCUT2D eigenvalue weighted by atomic mass is 16.6. The number of carbonyl (C=O) groups excluding carboxylic acids is 2. The fraction of sp³-hybridized carbons (Fsp3) is 0.933. The number of hydrogen-bond donors (Lipinski definition) is 0. The number of ether oxygens (including phenoxy) is 1. The van der Waals surface area contributed by atoms with E-state index in [-0.39, 0.29) is 6.09 Å². The van der Waals surface area contributed by atoms with Gasteiger partial charge in [0, 0.05) is 32.6 Å². The number of hydrogen-bond acceptors (Lipinski definition) is 3. The Morgan fingerprint density at radius 2 is 1.06 bits per heavy atom. The van der Waals surface area contributed by atoms with Gasteiger partial charge < -0.3 is 14.5 Å². The van der Waals surface area contributed by atoms with Crippen molar-refractivity contribution >= 4 is 12.0 Å². The molecule has 0 bridgehead atoms. The zero-order valence-electron chi connectivity index (χ0n) is 23.7. The fourth-order valence-electron chi connectivity index (χ4n) is 5.67. The van der Waals surface area contributed by atoms with Crippen LogP contribution in [0.1, 0.15) is 143 Å². The van der Waals surface area contributed by atoms with Gasteiger partial charge in [-0.2, -0.15) is 0 Å². The van der Waals surface area contributed by atoms with Crippen LogP contribution in [-0.4, -0.2) is 53.6 Å². The third kappa shape index (κ3) is 12.0. The van der Waals surface area contributed by atoms with E-state index < -0.39 is 5.60 Å². The molecule has 2 aliphatic rings. The Labute approximate surface area is 216 Å². The van der Waals surface area contributed by atoms with E-state index in [9.17, 15) is 9.59 Å². The average Bonchev–Trinajstić information content (AvgIpc) is 2.82. The van der Waals surface area contributed by atoms with Gasteiger partial charge >= 0.3 is 6.09 Å². The Hall–Kier alpha value is -1.26. The maximum Gasteiger partial charge on any atom is 0.410 e. The van der Waals surface area contributed by atoms with Crippen molar-refractivity contribution in [3.63, 3.8) is 0 Å². The smallest absolute Gasteiger partial charge is 0.410 e. The summed E-state index contributed by atoms with van der Waals surface area (Å²) in [6, 6.07) is 0. The first-order valence-corrected chi connectivity index (χ1v) is 15.0. The number of unbranched alkanes of at least 4 members (excludes halogenated alkanes) is 12. The first-order valence-electron chi connectivity index (χ1n) is 15.0. The van der Waals surface area contributed by atoms with Gasteiger partial charge in [-0.25, -0.2) is 4.79 Å². The van der Waals surface area contributed by atoms with Crippen LogP contribution >= 0.6 is 0 Å². The van der Waals surface area contributed by atoms with Crippen molar-refractivity contribution in [3.05, 3.63) is 0 Å². The quantitative estimate of drug-likeness (QED) is 0.230. The highest BCUT2D eigenvalue weighted by Gasteiger charge is 2.40. The minimum Gasteiger partial charge on any atom is -0.444 e. The van der Waals surface area contributed by atoms with Crippen molar-refractivity contribution in [1.82, 2.24) is 9.80 Å². The van der Waals surface area contributed by atoms with Crippen molar-refractivity contribution in [3.8, 4) is 0 Å². The van der Waals surface area contributed by atoms with Crippen molar-refractivity contribution in [2.75, 3.05) is 26.2 Å². The number of piperidine rings is 2. The summed E-state index contributed by atoms with van der Waals surface area (Å²) in [6.45, 7) is 11.4. The highest BCUT2D eigenvalue weighted by molar-refractivity contribution is 5.76. The van der Waals surface area contributed by atoms with Crippen LogP contribution in [0.5, 0.6) is 0 Å². The predicted molar refractivity (Wildman–Crippen MR) is 146 cm³/mol. The Kier molecular flexibility index (Phi) is 13.5. The summed E-state index contributed by atoms with van der Waals surface area (Å²) < 4.78 is 5.53. The van der Waals surface area contributed by atoms with E-state index in [0.29, 0.717) is 11.3 Å². The van der Waals surface area contributed by atoms with Gasteiger partial charge in [0.05, 0.1) is 0 Å². The summed E-state index contributed by atoms with van der Waals surface area (Å²) in [4.78, 5) is 29.0. The molecule has 2 saturated heterocycles. The molecule has 0 aromatic rings. The van der Waals surface area contributed by atoms with Crippen LogP contribution in [0.2, 0.25) is 0 Å². The number of likely N-dealkylation sites (tertiary alicyclic amines) is 2. The summed E-state index contributed by atoms with van der Waals surface area (Å²) >= 11 is 0. The van der Waals surface area contributed by atoms with Gasteiger partial charge in [-0.3, -0.25) is 4.79 Å². The molecule has 1 spiro atoms. The molecule has 0 atom stereocenters. The van der Waals surface area contributed by atoms with Gasteiger partial charge in [-0.15, -0.1) is 0 Å².